The number of aromatic nitrogens is 2. The topological polar surface area (TPSA) is 90.5 Å². The molecule has 0 N–H and O–H groups in total. The standard InChI is InChI=1S/C26H24N4O4/c1-28(17-20-8-6-7-11-24(20)34-2)25(31)16-21-18-29(22-9-4-3-5-10-22)27-26(21)19-12-14-23(15-13-19)30(32)33/h3-15,18H,16-17H2,1-2H3. The van der Waals surface area contributed by atoms with Gasteiger partial charge in [-0.1, -0.05) is 36.4 Å². The highest BCUT2D eigenvalue weighted by molar-refractivity contribution is 5.81. The Balaban J connectivity index is 1.63. The van der Waals surface area contributed by atoms with Gasteiger partial charge in [0.05, 0.1) is 29.8 Å². The molecule has 3 aromatic carbocycles. The van der Waals surface area contributed by atoms with Crippen molar-refractivity contribution in [1.29, 1.82) is 0 Å². The van der Waals surface area contributed by atoms with Crippen molar-refractivity contribution in [2.45, 2.75) is 13.0 Å². The smallest absolute Gasteiger partial charge is 0.269 e. The minimum atomic E-state index is -0.441. The molecule has 0 fully saturated rings. The summed E-state index contributed by atoms with van der Waals surface area (Å²) in [6.07, 6.45) is 1.96. The fourth-order valence-electron chi connectivity index (χ4n) is 3.71. The van der Waals surface area contributed by atoms with Gasteiger partial charge in [-0.05, 0) is 30.3 Å². The molecule has 0 spiro atoms. The maximum absolute atomic E-state index is 13.1. The molecule has 1 aromatic heterocycles. The van der Waals surface area contributed by atoms with Crippen LogP contribution < -0.4 is 4.74 Å². The number of carbonyl (C=O) groups is 1. The van der Waals surface area contributed by atoms with Gasteiger partial charge in [-0.25, -0.2) is 4.68 Å². The van der Waals surface area contributed by atoms with E-state index in [1.165, 1.54) is 12.1 Å². The van der Waals surface area contributed by atoms with Crippen molar-refractivity contribution in [2.24, 2.45) is 0 Å². The van der Waals surface area contributed by atoms with Gasteiger partial charge in [-0.3, -0.25) is 14.9 Å². The summed E-state index contributed by atoms with van der Waals surface area (Å²) in [6, 6.07) is 23.4. The van der Waals surface area contributed by atoms with Crippen molar-refractivity contribution in [3.8, 4) is 22.7 Å². The Morgan fingerprint density at radius 2 is 1.68 bits per heavy atom. The lowest BCUT2D eigenvalue weighted by Crippen LogP contribution is -2.28. The van der Waals surface area contributed by atoms with Gasteiger partial charge >= 0.3 is 0 Å². The maximum Gasteiger partial charge on any atom is 0.269 e. The molecule has 34 heavy (non-hydrogen) atoms. The molecule has 0 radical (unpaired) electrons. The van der Waals surface area contributed by atoms with E-state index in [0.29, 0.717) is 17.8 Å². The van der Waals surface area contributed by atoms with E-state index < -0.39 is 4.92 Å². The van der Waals surface area contributed by atoms with Crippen LogP contribution in [0.15, 0.2) is 85.1 Å². The largest absolute Gasteiger partial charge is 0.496 e. The molecule has 0 aliphatic rings. The van der Waals surface area contributed by atoms with Crippen LogP contribution in [-0.2, 0) is 17.8 Å². The second-order valence-electron chi connectivity index (χ2n) is 7.83. The number of ether oxygens (including phenoxy) is 1. The molecule has 1 heterocycles. The number of likely N-dealkylation sites (N-methyl/N-ethyl adjacent to an activating group) is 1. The molecule has 0 aliphatic carbocycles. The van der Waals surface area contributed by atoms with E-state index in [0.717, 1.165) is 22.6 Å². The molecular formula is C26H24N4O4. The normalized spacial score (nSPS) is 10.6. The average Bonchev–Trinajstić information content (AvgIpc) is 3.28. The number of nitro groups is 1. The van der Waals surface area contributed by atoms with Crippen LogP contribution in [0.4, 0.5) is 5.69 Å². The molecule has 8 heteroatoms. The Hall–Kier alpha value is -4.46. The van der Waals surface area contributed by atoms with Crippen LogP contribution in [-0.4, -0.2) is 39.7 Å². The van der Waals surface area contributed by atoms with Crippen molar-refractivity contribution in [3.05, 3.63) is 106 Å². The number of para-hydroxylation sites is 2. The fraction of sp³-hybridized carbons (Fsp3) is 0.154. The first-order valence-corrected chi connectivity index (χ1v) is 10.7. The molecule has 0 aliphatic heterocycles. The van der Waals surface area contributed by atoms with E-state index >= 15 is 0 Å². The third kappa shape index (κ3) is 4.96. The maximum atomic E-state index is 13.1. The minimum Gasteiger partial charge on any atom is -0.496 e. The molecule has 0 unspecified atom stereocenters. The van der Waals surface area contributed by atoms with Crippen LogP contribution in [0.2, 0.25) is 0 Å². The Morgan fingerprint density at radius 3 is 2.35 bits per heavy atom. The monoisotopic (exact) mass is 456 g/mol. The predicted molar refractivity (Wildman–Crippen MR) is 129 cm³/mol. The molecule has 1 amide bonds. The van der Waals surface area contributed by atoms with Gasteiger partial charge in [0, 0.05) is 48.6 Å². The van der Waals surface area contributed by atoms with Gasteiger partial charge in [-0.15, -0.1) is 0 Å². The highest BCUT2D eigenvalue weighted by atomic mass is 16.6. The molecular weight excluding hydrogens is 432 g/mol. The summed E-state index contributed by atoms with van der Waals surface area (Å²) < 4.78 is 7.12. The van der Waals surface area contributed by atoms with Gasteiger partial charge in [0.25, 0.3) is 5.69 Å². The summed E-state index contributed by atoms with van der Waals surface area (Å²) in [5.41, 5.74) is 3.81. The van der Waals surface area contributed by atoms with Gasteiger partial charge in [0.2, 0.25) is 5.91 Å². The zero-order valence-electron chi connectivity index (χ0n) is 18.9. The minimum absolute atomic E-state index is 0.000380. The van der Waals surface area contributed by atoms with Gasteiger partial charge in [0.1, 0.15) is 5.75 Å². The average molecular weight is 457 g/mol. The highest BCUT2D eigenvalue weighted by Gasteiger charge is 2.19. The van der Waals surface area contributed by atoms with Gasteiger partial charge in [0.15, 0.2) is 0 Å². The van der Waals surface area contributed by atoms with Crippen molar-refractivity contribution in [3.63, 3.8) is 0 Å². The SMILES string of the molecule is COc1ccccc1CN(C)C(=O)Cc1cn(-c2ccccc2)nc1-c1ccc([N+](=O)[O-])cc1. The number of non-ortho nitro benzene ring substituents is 1. The van der Waals surface area contributed by atoms with Crippen molar-refractivity contribution in [1.82, 2.24) is 14.7 Å². The van der Waals surface area contributed by atoms with E-state index in [-0.39, 0.29) is 18.0 Å². The number of benzene rings is 3. The Labute approximate surface area is 197 Å². The molecule has 8 nitrogen and oxygen atoms in total. The number of carbonyl (C=O) groups excluding carboxylic acids is 1. The summed E-state index contributed by atoms with van der Waals surface area (Å²) in [4.78, 5) is 25.4. The van der Waals surface area contributed by atoms with Crippen LogP contribution in [0, 0.1) is 10.1 Å². The predicted octanol–water partition coefficient (Wildman–Crippen LogP) is 4.66. The molecule has 4 aromatic rings. The van der Waals surface area contributed by atoms with Crippen LogP contribution in [0.25, 0.3) is 16.9 Å². The number of hydrogen-bond donors (Lipinski definition) is 0. The molecule has 0 bridgehead atoms. The molecule has 0 atom stereocenters. The fourth-order valence-corrected chi connectivity index (χ4v) is 3.71. The van der Waals surface area contributed by atoms with Crippen molar-refractivity contribution >= 4 is 11.6 Å². The summed E-state index contributed by atoms with van der Waals surface area (Å²) in [5.74, 6) is 0.646. The Bertz CT molecular complexity index is 1300. The molecule has 4 rings (SSSR count). The van der Waals surface area contributed by atoms with E-state index in [1.54, 1.807) is 35.9 Å². The summed E-state index contributed by atoms with van der Waals surface area (Å²) in [5, 5.41) is 15.8. The zero-order chi connectivity index (χ0) is 24.1. The third-order valence-corrected chi connectivity index (χ3v) is 5.53. The lowest BCUT2D eigenvalue weighted by atomic mass is 10.0. The first-order valence-electron chi connectivity index (χ1n) is 10.7. The van der Waals surface area contributed by atoms with Gasteiger partial charge in [-0.2, -0.15) is 5.10 Å². The number of amides is 1. The number of nitrogens with zero attached hydrogens (tertiary/aromatic N) is 4. The first kappa shape index (κ1) is 22.7. The number of rotatable bonds is 8. The number of methoxy groups -OCH3 is 1. The van der Waals surface area contributed by atoms with E-state index in [2.05, 4.69) is 0 Å². The van der Waals surface area contributed by atoms with Crippen LogP contribution >= 0.6 is 0 Å². The molecule has 172 valence electrons. The van der Waals surface area contributed by atoms with Crippen molar-refractivity contribution < 1.29 is 14.5 Å². The first-order chi connectivity index (χ1) is 16.5. The summed E-state index contributed by atoms with van der Waals surface area (Å²) in [7, 11) is 3.36. The number of hydrogen-bond acceptors (Lipinski definition) is 5. The summed E-state index contributed by atoms with van der Waals surface area (Å²) >= 11 is 0. The van der Waals surface area contributed by atoms with Crippen LogP contribution in [0.3, 0.4) is 0 Å². The molecule has 0 saturated carbocycles. The van der Waals surface area contributed by atoms with E-state index in [4.69, 9.17) is 9.84 Å². The lowest BCUT2D eigenvalue weighted by molar-refractivity contribution is -0.384. The summed E-state index contributed by atoms with van der Waals surface area (Å²) in [6.45, 7) is 0.405. The molecule has 0 saturated heterocycles. The Morgan fingerprint density at radius 1 is 1.00 bits per heavy atom. The zero-order valence-corrected chi connectivity index (χ0v) is 18.9. The van der Waals surface area contributed by atoms with Crippen LogP contribution in [0.5, 0.6) is 5.75 Å². The Kier molecular flexibility index (Phi) is 6.68. The quantitative estimate of drug-likeness (QED) is 0.284. The van der Waals surface area contributed by atoms with E-state index in [9.17, 15) is 14.9 Å². The number of nitro benzene ring substituents is 1. The van der Waals surface area contributed by atoms with Crippen LogP contribution in [0.1, 0.15) is 11.1 Å². The second kappa shape index (κ2) is 9.99. The van der Waals surface area contributed by atoms with Crippen molar-refractivity contribution in [2.75, 3.05) is 14.2 Å². The second-order valence-corrected chi connectivity index (χ2v) is 7.83. The van der Waals surface area contributed by atoms with E-state index in [1.807, 2.05) is 60.8 Å². The highest BCUT2D eigenvalue weighted by Crippen LogP contribution is 2.27. The lowest BCUT2D eigenvalue weighted by Gasteiger charge is -2.19. The van der Waals surface area contributed by atoms with Gasteiger partial charge < -0.3 is 9.64 Å². The third-order valence-electron chi connectivity index (χ3n) is 5.53.